The van der Waals surface area contributed by atoms with Crippen LogP contribution in [0.3, 0.4) is 0 Å². The number of rotatable bonds is 7. The number of aliphatic hydroxyl groups is 1. The van der Waals surface area contributed by atoms with Crippen molar-refractivity contribution >= 4 is 0 Å². The Hall–Kier alpha value is -2.73. The molecule has 3 aromatic carbocycles. The number of benzene rings is 3. The Kier molecular flexibility index (Phi) is 6.66. The van der Waals surface area contributed by atoms with E-state index < -0.39 is 11.7 Å². The molecule has 4 nitrogen and oxygen atoms in total. The fourth-order valence-electron chi connectivity index (χ4n) is 4.28. The van der Waals surface area contributed by atoms with Gasteiger partial charge in [-0.3, -0.25) is 4.90 Å². The fraction of sp³-hybridized carbons (Fsp3) is 0.308. The van der Waals surface area contributed by atoms with Gasteiger partial charge in [0.2, 0.25) is 0 Å². The lowest BCUT2D eigenvalue weighted by molar-refractivity contribution is -0.150. The first-order valence-corrected chi connectivity index (χ1v) is 10.6. The van der Waals surface area contributed by atoms with Crippen LogP contribution >= 0.6 is 0 Å². The minimum absolute atomic E-state index is 0.254. The maximum Gasteiger partial charge on any atom is 0.123 e. The summed E-state index contributed by atoms with van der Waals surface area (Å²) in [5.41, 5.74) is 1.15. The highest BCUT2D eigenvalue weighted by molar-refractivity contribution is 5.37. The quantitative estimate of drug-likeness (QED) is 0.622. The van der Waals surface area contributed by atoms with Gasteiger partial charge in [-0.2, -0.15) is 0 Å². The first-order chi connectivity index (χ1) is 15.1. The molecule has 2 atom stereocenters. The average Bonchev–Trinajstić information content (AvgIpc) is 2.80. The van der Waals surface area contributed by atoms with Gasteiger partial charge in [0.25, 0.3) is 0 Å². The maximum atomic E-state index is 14.1. The second-order valence-corrected chi connectivity index (χ2v) is 8.00. The topological polar surface area (TPSA) is 41.9 Å². The predicted molar refractivity (Wildman–Crippen MR) is 118 cm³/mol. The van der Waals surface area contributed by atoms with Gasteiger partial charge in [-0.05, 0) is 34.9 Å². The number of ether oxygens (including phenoxy) is 2. The molecule has 1 fully saturated rings. The molecule has 5 heteroatoms. The molecule has 0 radical (unpaired) electrons. The van der Waals surface area contributed by atoms with E-state index in [0.29, 0.717) is 24.5 Å². The van der Waals surface area contributed by atoms with Gasteiger partial charge in [-0.25, -0.2) is 4.39 Å². The van der Waals surface area contributed by atoms with E-state index in [1.807, 2.05) is 42.5 Å². The van der Waals surface area contributed by atoms with Crippen LogP contribution in [0.15, 0.2) is 78.9 Å². The second-order valence-electron chi connectivity index (χ2n) is 8.00. The molecule has 1 aliphatic heterocycles. The minimum atomic E-state index is -1.41. The van der Waals surface area contributed by atoms with Gasteiger partial charge >= 0.3 is 0 Å². The summed E-state index contributed by atoms with van der Waals surface area (Å²) in [7, 11) is 1.61. The SMILES string of the molecule is COc1ccccc1CC(O)(c1cccc(F)c1)C1CN(Cc2ccccc2)CCO1. The Bertz CT molecular complexity index is 997. The molecule has 1 N–H and O–H groups in total. The summed E-state index contributed by atoms with van der Waals surface area (Å²) in [6, 6.07) is 24.0. The normalized spacial score (nSPS) is 19.0. The van der Waals surface area contributed by atoms with Crippen LogP contribution < -0.4 is 4.74 Å². The van der Waals surface area contributed by atoms with Crippen molar-refractivity contribution in [2.75, 3.05) is 26.8 Å². The molecule has 0 saturated carbocycles. The maximum absolute atomic E-state index is 14.1. The number of morpholine rings is 1. The lowest BCUT2D eigenvalue weighted by atomic mass is 9.81. The van der Waals surface area contributed by atoms with Crippen LogP contribution in [0.2, 0.25) is 0 Å². The van der Waals surface area contributed by atoms with Crippen molar-refractivity contribution in [1.29, 1.82) is 0 Å². The van der Waals surface area contributed by atoms with E-state index in [2.05, 4.69) is 17.0 Å². The first kappa shape index (κ1) is 21.5. The summed E-state index contributed by atoms with van der Waals surface area (Å²) in [4.78, 5) is 2.27. The molecule has 1 heterocycles. The van der Waals surface area contributed by atoms with Crippen molar-refractivity contribution in [3.63, 3.8) is 0 Å². The van der Waals surface area contributed by atoms with E-state index in [-0.39, 0.29) is 12.2 Å². The number of nitrogens with zero attached hydrogens (tertiary/aromatic N) is 1. The molecule has 1 aliphatic rings. The zero-order valence-corrected chi connectivity index (χ0v) is 17.7. The largest absolute Gasteiger partial charge is 0.496 e. The number of hydrogen-bond donors (Lipinski definition) is 1. The van der Waals surface area contributed by atoms with Crippen LogP contribution in [-0.2, 0) is 23.3 Å². The monoisotopic (exact) mass is 421 g/mol. The van der Waals surface area contributed by atoms with Gasteiger partial charge in [-0.15, -0.1) is 0 Å². The van der Waals surface area contributed by atoms with Crippen LogP contribution in [0, 0.1) is 5.82 Å². The van der Waals surface area contributed by atoms with E-state index in [9.17, 15) is 9.50 Å². The molecule has 2 unspecified atom stereocenters. The predicted octanol–water partition coefficient (Wildman–Crippen LogP) is 4.17. The first-order valence-electron chi connectivity index (χ1n) is 10.6. The molecule has 4 rings (SSSR count). The Labute approximate surface area is 182 Å². The number of halogens is 1. The van der Waals surface area contributed by atoms with Gasteiger partial charge in [0.15, 0.2) is 0 Å². The fourth-order valence-corrected chi connectivity index (χ4v) is 4.28. The molecule has 31 heavy (non-hydrogen) atoms. The van der Waals surface area contributed by atoms with Crippen molar-refractivity contribution in [1.82, 2.24) is 4.90 Å². The summed E-state index contributed by atoms with van der Waals surface area (Å²) >= 11 is 0. The molecule has 3 aromatic rings. The van der Waals surface area contributed by atoms with E-state index in [1.54, 1.807) is 19.2 Å². The van der Waals surface area contributed by atoms with Gasteiger partial charge in [0.1, 0.15) is 23.3 Å². The molecule has 0 spiro atoms. The average molecular weight is 422 g/mol. The van der Waals surface area contributed by atoms with Crippen molar-refractivity contribution in [3.8, 4) is 5.75 Å². The summed E-state index contributed by atoms with van der Waals surface area (Å²) in [5, 5.41) is 12.0. The zero-order chi connectivity index (χ0) is 21.7. The molecule has 0 bridgehead atoms. The highest BCUT2D eigenvalue weighted by Crippen LogP contribution is 2.36. The molecule has 0 aromatic heterocycles. The van der Waals surface area contributed by atoms with E-state index in [1.165, 1.54) is 17.7 Å². The van der Waals surface area contributed by atoms with Crippen molar-refractivity contribution in [2.24, 2.45) is 0 Å². The number of hydrogen-bond acceptors (Lipinski definition) is 4. The van der Waals surface area contributed by atoms with Crippen molar-refractivity contribution < 1.29 is 19.0 Å². The van der Waals surface area contributed by atoms with E-state index >= 15 is 0 Å². The van der Waals surface area contributed by atoms with Gasteiger partial charge in [0.05, 0.1) is 13.7 Å². The Morgan fingerprint density at radius 1 is 1.06 bits per heavy atom. The smallest absolute Gasteiger partial charge is 0.123 e. The Morgan fingerprint density at radius 2 is 1.84 bits per heavy atom. The summed E-state index contributed by atoms with van der Waals surface area (Å²) in [6.07, 6.45) is -0.263. The zero-order valence-electron chi connectivity index (χ0n) is 17.7. The summed E-state index contributed by atoms with van der Waals surface area (Å²) in [6.45, 7) is 2.59. The lowest BCUT2D eigenvalue weighted by Crippen LogP contribution is -2.53. The summed E-state index contributed by atoms with van der Waals surface area (Å²) < 4.78 is 25.7. The highest BCUT2D eigenvalue weighted by atomic mass is 19.1. The van der Waals surface area contributed by atoms with Crippen LogP contribution in [0.5, 0.6) is 5.75 Å². The number of methoxy groups -OCH3 is 1. The van der Waals surface area contributed by atoms with Crippen LogP contribution in [0.1, 0.15) is 16.7 Å². The van der Waals surface area contributed by atoms with Crippen molar-refractivity contribution in [2.45, 2.75) is 24.7 Å². The standard InChI is InChI=1S/C26H28FNO3/c1-30-24-13-6-5-10-21(24)17-26(29,22-11-7-12-23(27)16-22)25-19-28(14-15-31-25)18-20-8-3-2-4-9-20/h2-13,16,25,29H,14-15,17-19H2,1H3. The Balaban J connectivity index is 1.65. The van der Waals surface area contributed by atoms with Crippen LogP contribution in [0.25, 0.3) is 0 Å². The molecular formula is C26H28FNO3. The van der Waals surface area contributed by atoms with E-state index in [0.717, 1.165) is 18.7 Å². The second kappa shape index (κ2) is 9.60. The lowest BCUT2D eigenvalue weighted by Gasteiger charge is -2.42. The van der Waals surface area contributed by atoms with E-state index in [4.69, 9.17) is 9.47 Å². The molecule has 1 saturated heterocycles. The van der Waals surface area contributed by atoms with Crippen LogP contribution in [-0.4, -0.2) is 42.9 Å². The minimum Gasteiger partial charge on any atom is -0.496 e. The molecule has 162 valence electrons. The molecule has 0 aliphatic carbocycles. The third-order valence-corrected chi connectivity index (χ3v) is 5.91. The molecule has 0 amide bonds. The van der Waals surface area contributed by atoms with Crippen LogP contribution in [0.4, 0.5) is 4.39 Å². The van der Waals surface area contributed by atoms with Gasteiger partial charge in [-0.1, -0.05) is 60.7 Å². The van der Waals surface area contributed by atoms with Crippen molar-refractivity contribution in [3.05, 3.63) is 101 Å². The molecular weight excluding hydrogens is 393 g/mol. The third-order valence-electron chi connectivity index (χ3n) is 5.91. The summed E-state index contributed by atoms with van der Waals surface area (Å²) in [5.74, 6) is 0.308. The van der Waals surface area contributed by atoms with Gasteiger partial charge in [0, 0.05) is 26.1 Å². The third kappa shape index (κ3) is 4.96. The Morgan fingerprint density at radius 3 is 2.61 bits per heavy atom. The van der Waals surface area contributed by atoms with Gasteiger partial charge < -0.3 is 14.6 Å². The number of para-hydroxylation sites is 1. The highest BCUT2D eigenvalue weighted by Gasteiger charge is 2.42.